The summed E-state index contributed by atoms with van der Waals surface area (Å²) >= 11 is 0. The first-order valence-electron chi connectivity index (χ1n) is 5.93. The van der Waals surface area contributed by atoms with Crippen molar-refractivity contribution >= 4 is 12.2 Å². The molecule has 0 spiro atoms. The molecule has 0 unspecified atom stereocenters. The molecule has 18 heavy (non-hydrogen) atoms. The highest BCUT2D eigenvalue weighted by atomic mass is 16.6. The van der Waals surface area contributed by atoms with Crippen LogP contribution in [0, 0.1) is 0 Å². The Morgan fingerprint density at radius 2 is 2.11 bits per heavy atom. The Bertz CT molecular complexity index is 473. The van der Waals surface area contributed by atoms with E-state index in [1.165, 1.54) is 0 Å². The van der Waals surface area contributed by atoms with Crippen molar-refractivity contribution in [2.45, 2.75) is 39.5 Å². The number of aromatic nitrogens is 3. The highest BCUT2D eigenvalue weighted by Crippen LogP contribution is 2.16. The number of rotatable bonds is 1. The maximum absolute atomic E-state index is 11.9. The number of carbonyl (C=O) groups excluding carboxylic acids is 1. The van der Waals surface area contributed by atoms with Crippen molar-refractivity contribution in [3.63, 3.8) is 0 Å². The van der Waals surface area contributed by atoms with E-state index in [1.807, 2.05) is 25.3 Å². The number of hydrogen-bond donors (Lipinski definition) is 0. The summed E-state index contributed by atoms with van der Waals surface area (Å²) in [7, 11) is 0. The first kappa shape index (κ1) is 12.6. The molecule has 0 aliphatic carbocycles. The third kappa shape index (κ3) is 2.52. The highest BCUT2D eigenvalue weighted by molar-refractivity contribution is 5.68. The van der Waals surface area contributed by atoms with Crippen LogP contribution in [0.2, 0.25) is 0 Å². The van der Waals surface area contributed by atoms with Gasteiger partial charge in [-0.2, -0.15) is 0 Å². The number of carbonyl (C=O) groups is 1. The molecule has 0 aromatic carbocycles. The predicted molar refractivity (Wildman–Crippen MR) is 66.8 cm³/mol. The van der Waals surface area contributed by atoms with Crippen molar-refractivity contribution in [3.05, 3.63) is 18.2 Å². The van der Waals surface area contributed by atoms with E-state index in [2.05, 4.69) is 16.8 Å². The average Bonchev–Trinajstić information content (AvgIpc) is 2.68. The molecule has 1 aliphatic rings. The lowest BCUT2D eigenvalue weighted by Gasteiger charge is -2.30. The fourth-order valence-electron chi connectivity index (χ4n) is 1.81. The van der Waals surface area contributed by atoms with E-state index in [0.29, 0.717) is 19.6 Å². The standard InChI is InChI=1S/C12H18N4O2/c1-5-9-13-14-10-8-15(6-7-16(9)10)11(17)18-12(2,3)4/h5H,1,6-8H2,2-4H3. The summed E-state index contributed by atoms with van der Waals surface area (Å²) in [6.07, 6.45) is 1.36. The number of fused-ring (bicyclic) bond motifs is 1. The molecular weight excluding hydrogens is 232 g/mol. The van der Waals surface area contributed by atoms with Gasteiger partial charge in [0.1, 0.15) is 5.60 Å². The monoisotopic (exact) mass is 250 g/mol. The number of nitrogens with zero attached hydrogens (tertiary/aromatic N) is 4. The summed E-state index contributed by atoms with van der Waals surface area (Å²) in [5.74, 6) is 1.51. The van der Waals surface area contributed by atoms with Gasteiger partial charge in [0.2, 0.25) is 0 Å². The lowest BCUT2D eigenvalue weighted by atomic mass is 10.2. The molecule has 0 radical (unpaired) electrons. The molecule has 1 aromatic heterocycles. The molecular formula is C12H18N4O2. The summed E-state index contributed by atoms with van der Waals surface area (Å²) in [5.41, 5.74) is -0.478. The molecule has 0 fully saturated rings. The van der Waals surface area contributed by atoms with Crippen LogP contribution >= 0.6 is 0 Å². The first-order chi connectivity index (χ1) is 8.40. The molecule has 0 atom stereocenters. The van der Waals surface area contributed by atoms with Crippen molar-refractivity contribution in [1.82, 2.24) is 19.7 Å². The number of hydrogen-bond acceptors (Lipinski definition) is 4. The number of ether oxygens (including phenoxy) is 1. The summed E-state index contributed by atoms with van der Waals surface area (Å²) in [6, 6.07) is 0. The normalized spacial score (nSPS) is 15.2. The highest BCUT2D eigenvalue weighted by Gasteiger charge is 2.27. The molecule has 1 aliphatic heterocycles. The van der Waals surface area contributed by atoms with Gasteiger partial charge in [0, 0.05) is 13.1 Å². The fraction of sp³-hybridized carbons (Fsp3) is 0.583. The van der Waals surface area contributed by atoms with Crippen LogP contribution in [0.15, 0.2) is 6.58 Å². The molecule has 2 heterocycles. The van der Waals surface area contributed by atoms with E-state index in [1.54, 1.807) is 11.0 Å². The zero-order valence-corrected chi connectivity index (χ0v) is 11.0. The molecule has 1 aromatic rings. The minimum absolute atomic E-state index is 0.308. The molecule has 0 bridgehead atoms. The smallest absolute Gasteiger partial charge is 0.410 e. The van der Waals surface area contributed by atoms with E-state index in [9.17, 15) is 4.79 Å². The minimum atomic E-state index is -0.478. The molecule has 1 amide bonds. The Kier molecular flexibility index (Phi) is 3.11. The van der Waals surface area contributed by atoms with Gasteiger partial charge in [-0.25, -0.2) is 4.79 Å². The topological polar surface area (TPSA) is 60.2 Å². The van der Waals surface area contributed by atoms with Crippen LogP contribution in [0.3, 0.4) is 0 Å². The second kappa shape index (κ2) is 4.44. The molecule has 98 valence electrons. The van der Waals surface area contributed by atoms with Gasteiger partial charge in [-0.1, -0.05) is 6.58 Å². The van der Waals surface area contributed by atoms with Crippen molar-refractivity contribution < 1.29 is 9.53 Å². The van der Waals surface area contributed by atoms with Gasteiger partial charge in [0.15, 0.2) is 11.6 Å². The molecule has 0 N–H and O–H groups in total. The van der Waals surface area contributed by atoms with Crippen LogP contribution in [0.25, 0.3) is 6.08 Å². The van der Waals surface area contributed by atoms with Crippen LogP contribution in [0.5, 0.6) is 0 Å². The molecule has 6 heteroatoms. The summed E-state index contributed by atoms with van der Waals surface area (Å²) < 4.78 is 7.30. The molecule has 0 saturated heterocycles. The second-order valence-electron chi connectivity index (χ2n) is 5.23. The van der Waals surface area contributed by atoms with E-state index in [-0.39, 0.29) is 6.09 Å². The minimum Gasteiger partial charge on any atom is -0.444 e. The van der Waals surface area contributed by atoms with E-state index in [4.69, 9.17) is 4.74 Å². The Labute approximate surface area is 106 Å². The van der Waals surface area contributed by atoms with Gasteiger partial charge in [-0.3, -0.25) is 4.90 Å². The van der Waals surface area contributed by atoms with Crippen LogP contribution in [0.1, 0.15) is 32.4 Å². The molecule has 2 rings (SSSR count). The zero-order chi connectivity index (χ0) is 13.3. The van der Waals surface area contributed by atoms with Gasteiger partial charge < -0.3 is 9.30 Å². The SMILES string of the molecule is C=Cc1nnc2n1CCN(C(=O)OC(C)(C)C)C2. The summed E-state index contributed by atoms with van der Waals surface area (Å²) in [5, 5.41) is 8.05. The Morgan fingerprint density at radius 3 is 2.72 bits per heavy atom. The fourth-order valence-corrected chi connectivity index (χ4v) is 1.81. The zero-order valence-electron chi connectivity index (χ0n) is 11.0. The van der Waals surface area contributed by atoms with Gasteiger partial charge in [0.05, 0.1) is 6.54 Å². The van der Waals surface area contributed by atoms with Crippen molar-refractivity contribution in [3.8, 4) is 0 Å². The third-order valence-electron chi connectivity index (χ3n) is 2.62. The van der Waals surface area contributed by atoms with Crippen LogP contribution in [0.4, 0.5) is 4.79 Å². The summed E-state index contributed by atoms with van der Waals surface area (Å²) in [4.78, 5) is 13.6. The average molecular weight is 250 g/mol. The predicted octanol–water partition coefficient (Wildman–Crippen LogP) is 1.67. The van der Waals surface area contributed by atoms with E-state index >= 15 is 0 Å². The van der Waals surface area contributed by atoms with Crippen molar-refractivity contribution in [2.24, 2.45) is 0 Å². The number of amides is 1. The third-order valence-corrected chi connectivity index (χ3v) is 2.62. The Hall–Kier alpha value is -1.85. The second-order valence-corrected chi connectivity index (χ2v) is 5.23. The summed E-state index contributed by atoms with van der Waals surface area (Å²) in [6.45, 7) is 10.9. The van der Waals surface area contributed by atoms with Crippen LogP contribution < -0.4 is 0 Å². The van der Waals surface area contributed by atoms with Crippen LogP contribution in [-0.4, -0.2) is 37.9 Å². The van der Waals surface area contributed by atoms with Gasteiger partial charge in [-0.15, -0.1) is 10.2 Å². The maximum atomic E-state index is 11.9. The lowest BCUT2D eigenvalue weighted by Crippen LogP contribution is -2.41. The van der Waals surface area contributed by atoms with Gasteiger partial charge >= 0.3 is 6.09 Å². The molecule has 0 saturated carbocycles. The van der Waals surface area contributed by atoms with Crippen LogP contribution in [-0.2, 0) is 17.8 Å². The Morgan fingerprint density at radius 1 is 1.39 bits per heavy atom. The van der Waals surface area contributed by atoms with E-state index in [0.717, 1.165) is 11.6 Å². The molecule has 6 nitrogen and oxygen atoms in total. The first-order valence-corrected chi connectivity index (χ1v) is 5.93. The lowest BCUT2D eigenvalue weighted by molar-refractivity contribution is 0.0195. The van der Waals surface area contributed by atoms with E-state index < -0.39 is 5.60 Å². The van der Waals surface area contributed by atoms with Crippen molar-refractivity contribution in [2.75, 3.05) is 6.54 Å². The van der Waals surface area contributed by atoms with Crippen molar-refractivity contribution in [1.29, 1.82) is 0 Å². The quantitative estimate of drug-likeness (QED) is 0.760. The maximum Gasteiger partial charge on any atom is 0.410 e. The largest absolute Gasteiger partial charge is 0.444 e. The van der Waals surface area contributed by atoms with Gasteiger partial charge in [-0.05, 0) is 26.8 Å². The van der Waals surface area contributed by atoms with Gasteiger partial charge in [0.25, 0.3) is 0 Å². The Balaban J connectivity index is 2.08.